The van der Waals surface area contributed by atoms with E-state index >= 15 is 0 Å². The van der Waals surface area contributed by atoms with E-state index in [2.05, 4.69) is 22.0 Å². The van der Waals surface area contributed by atoms with E-state index in [4.69, 9.17) is 15.0 Å². The Morgan fingerprint density at radius 3 is 3.17 bits per heavy atom. The molecule has 3 rings (SSSR count). The lowest BCUT2D eigenvalue weighted by Crippen LogP contribution is -2.42. The monoisotopic (exact) mass is 348 g/mol. The highest BCUT2D eigenvalue weighted by atomic mass is 32.1. The summed E-state index contributed by atoms with van der Waals surface area (Å²) in [6, 6.07) is 2.54. The van der Waals surface area contributed by atoms with Crippen LogP contribution < -0.4 is 5.73 Å². The van der Waals surface area contributed by atoms with Crippen molar-refractivity contribution < 1.29 is 9.25 Å². The molecule has 1 aliphatic heterocycles. The summed E-state index contributed by atoms with van der Waals surface area (Å²) in [6.45, 7) is 6.10. The minimum absolute atomic E-state index is 0.260. The molecule has 0 spiro atoms. The number of likely N-dealkylation sites (tertiary alicyclic amines) is 1. The fourth-order valence-electron chi connectivity index (χ4n) is 2.88. The maximum Gasteiger partial charge on any atom is 0.227 e. The van der Waals surface area contributed by atoms with Gasteiger partial charge in [-0.25, -0.2) is 4.98 Å². The van der Waals surface area contributed by atoms with Crippen molar-refractivity contribution >= 4 is 17.2 Å². The summed E-state index contributed by atoms with van der Waals surface area (Å²) in [4.78, 5) is 12.2. The molecule has 0 aromatic carbocycles. The first kappa shape index (κ1) is 17.0. The van der Waals surface area contributed by atoms with E-state index in [1.54, 1.807) is 11.3 Å². The van der Waals surface area contributed by atoms with Gasteiger partial charge in [0.1, 0.15) is 11.5 Å². The quantitative estimate of drug-likeness (QED) is 0.492. The van der Waals surface area contributed by atoms with Crippen LogP contribution in [-0.2, 0) is 11.4 Å². The van der Waals surface area contributed by atoms with Crippen LogP contribution in [0.25, 0.3) is 11.5 Å². The second-order valence-electron chi connectivity index (χ2n) is 6.21. The van der Waals surface area contributed by atoms with Crippen molar-refractivity contribution in [1.29, 1.82) is 0 Å². The molecule has 2 aromatic heterocycles. The summed E-state index contributed by atoms with van der Waals surface area (Å²) in [5.41, 5.74) is 7.72. The van der Waals surface area contributed by atoms with Crippen LogP contribution in [0.2, 0.25) is 0 Å². The first-order valence-corrected chi connectivity index (χ1v) is 9.25. The zero-order valence-electron chi connectivity index (χ0n) is 14.2. The van der Waals surface area contributed by atoms with E-state index in [-0.39, 0.29) is 6.61 Å². The largest absolute Gasteiger partial charge is 0.441 e. The number of oxime groups is 1. The molecular formula is C17H24N4O2S. The number of amidine groups is 1. The summed E-state index contributed by atoms with van der Waals surface area (Å²) >= 11 is 1.61. The van der Waals surface area contributed by atoms with Crippen LogP contribution in [0, 0.1) is 6.92 Å². The van der Waals surface area contributed by atoms with Gasteiger partial charge in [-0.05, 0) is 44.7 Å². The van der Waals surface area contributed by atoms with Crippen LogP contribution in [0.3, 0.4) is 0 Å². The van der Waals surface area contributed by atoms with E-state index in [1.807, 2.05) is 23.8 Å². The fourth-order valence-corrected chi connectivity index (χ4v) is 3.51. The van der Waals surface area contributed by atoms with Crippen LogP contribution in [0.4, 0.5) is 0 Å². The van der Waals surface area contributed by atoms with Gasteiger partial charge in [-0.2, -0.15) is 11.3 Å². The van der Waals surface area contributed by atoms with E-state index in [1.165, 1.54) is 19.3 Å². The smallest absolute Gasteiger partial charge is 0.227 e. The molecule has 1 fully saturated rings. The number of piperidine rings is 1. The van der Waals surface area contributed by atoms with Gasteiger partial charge in [0.05, 0.1) is 6.54 Å². The molecule has 2 N–H and O–H groups in total. The molecule has 6 nitrogen and oxygen atoms in total. The van der Waals surface area contributed by atoms with Crippen LogP contribution in [0.1, 0.15) is 37.6 Å². The molecule has 7 heteroatoms. The van der Waals surface area contributed by atoms with Crippen LogP contribution in [-0.4, -0.2) is 34.9 Å². The van der Waals surface area contributed by atoms with Gasteiger partial charge in [-0.15, -0.1) is 0 Å². The number of nitrogens with zero attached hydrogens (tertiary/aromatic N) is 3. The second kappa shape index (κ2) is 7.81. The van der Waals surface area contributed by atoms with Crippen molar-refractivity contribution in [2.75, 3.05) is 13.1 Å². The summed E-state index contributed by atoms with van der Waals surface area (Å²) < 4.78 is 5.68. The fraction of sp³-hybridized carbons (Fsp3) is 0.529. The molecule has 0 saturated carbocycles. The van der Waals surface area contributed by atoms with Crippen molar-refractivity contribution in [3.63, 3.8) is 0 Å². The predicted molar refractivity (Wildman–Crippen MR) is 95.9 cm³/mol. The third-order valence-corrected chi connectivity index (χ3v) is 5.03. The number of thiophene rings is 1. The molecule has 1 aliphatic rings. The van der Waals surface area contributed by atoms with E-state index < -0.39 is 0 Å². The zero-order chi connectivity index (χ0) is 16.9. The van der Waals surface area contributed by atoms with Crippen LogP contribution in [0.5, 0.6) is 0 Å². The Labute approximate surface area is 146 Å². The highest BCUT2D eigenvalue weighted by Gasteiger charge is 2.19. The maximum absolute atomic E-state index is 5.99. The standard InChI is InChI=1S/C17H24N4O2S/c1-12-5-3-4-7-21(12)9-16(18)20-22-10-15-13(2)23-17(19-15)14-6-8-24-11-14/h6,8,11-12H,3-5,7,9-10H2,1-2H3,(H2,18,20)/t12-/m1/s1. The Bertz CT molecular complexity index is 681. The van der Waals surface area contributed by atoms with Gasteiger partial charge in [-0.3, -0.25) is 4.90 Å². The molecule has 130 valence electrons. The highest BCUT2D eigenvalue weighted by molar-refractivity contribution is 7.08. The second-order valence-corrected chi connectivity index (χ2v) is 6.99. The molecule has 0 aliphatic carbocycles. The van der Waals surface area contributed by atoms with Gasteiger partial charge in [0.15, 0.2) is 12.4 Å². The van der Waals surface area contributed by atoms with Crippen molar-refractivity contribution in [3.05, 3.63) is 28.3 Å². The maximum atomic E-state index is 5.99. The summed E-state index contributed by atoms with van der Waals surface area (Å²) in [5, 5.41) is 8.04. The van der Waals surface area contributed by atoms with Crippen LogP contribution in [0.15, 0.2) is 26.4 Å². The Balaban J connectivity index is 1.54. The molecular weight excluding hydrogens is 324 g/mol. The van der Waals surface area contributed by atoms with Gasteiger partial charge in [0.2, 0.25) is 5.89 Å². The molecule has 24 heavy (non-hydrogen) atoms. The van der Waals surface area contributed by atoms with E-state index in [9.17, 15) is 0 Å². The Hall–Kier alpha value is -1.86. The lowest BCUT2D eigenvalue weighted by molar-refractivity contribution is 0.122. The zero-order valence-corrected chi connectivity index (χ0v) is 15.0. The van der Waals surface area contributed by atoms with E-state index in [0.29, 0.717) is 24.3 Å². The normalized spacial score (nSPS) is 19.6. The minimum Gasteiger partial charge on any atom is -0.441 e. The number of aromatic nitrogens is 1. The molecule has 3 heterocycles. The summed E-state index contributed by atoms with van der Waals surface area (Å²) in [5.74, 6) is 1.86. The number of hydrogen-bond acceptors (Lipinski definition) is 6. The molecule has 2 aromatic rings. The number of rotatable bonds is 6. The van der Waals surface area contributed by atoms with Gasteiger partial charge < -0.3 is 15.0 Å². The molecule has 0 radical (unpaired) electrons. The van der Waals surface area contributed by atoms with Gasteiger partial charge in [-0.1, -0.05) is 11.6 Å². The van der Waals surface area contributed by atoms with Crippen molar-refractivity contribution in [2.24, 2.45) is 10.9 Å². The molecule has 0 bridgehead atoms. The molecule has 0 amide bonds. The number of aryl methyl sites for hydroxylation is 1. The van der Waals surface area contributed by atoms with Crippen molar-refractivity contribution in [3.8, 4) is 11.5 Å². The summed E-state index contributed by atoms with van der Waals surface area (Å²) in [7, 11) is 0. The molecule has 1 atom stereocenters. The third kappa shape index (κ3) is 4.15. The van der Waals surface area contributed by atoms with Gasteiger partial charge in [0.25, 0.3) is 0 Å². The SMILES string of the molecule is Cc1oc(-c2ccsc2)nc1CO/N=C(/N)CN1CCCC[C@H]1C. The Morgan fingerprint density at radius 2 is 2.42 bits per heavy atom. The third-order valence-electron chi connectivity index (χ3n) is 4.35. The van der Waals surface area contributed by atoms with Gasteiger partial charge in [0, 0.05) is 17.0 Å². The summed E-state index contributed by atoms with van der Waals surface area (Å²) in [6.07, 6.45) is 3.74. The Kier molecular flexibility index (Phi) is 5.52. The Morgan fingerprint density at radius 1 is 1.54 bits per heavy atom. The average Bonchev–Trinajstić information content (AvgIpc) is 3.20. The van der Waals surface area contributed by atoms with Crippen LogP contribution >= 0.6 is 11.3 Å². The molecule has 0 unspecified atom stereocenters. The number of nitrogens with two attached hydrogens (primary N) is 1. The van der Waals surface area contributed by atoms with E-state index in [0.717, 1.165) is 23.6 Å². The topological polar surface area (TPSA) is 76.9 Å². The molecule has 1 saturated heterocycles. The minimum atomic E-state index is 0.260. The lowest BCUT2D eigenvalue weighted by atomic mass is 10.0. The highest BCUT2D eigenvalue weighted by Crippen LogP contribution is 2.24. The first-order valence-electron chi connectivity index (χ1n) is 8.30. The first-order chi connectivity index (χ1) is 11.6. The average molecular weight is 348 g/mol. The van der Waals surface area contributed by atoms with Crippen molar-refractivity contribution in [1.82, 2.24) is 9.88 Å². The predicted octanol–water partition coefficient (Wildman–Crippen LogP) is 3.37. The van der Waals surface area contributed by atoms with Gasteiger partial charge >= 0.3 is 0 Å². The number of hydrogen-bond donors (Lipinski definition) is 1. The van der Waals surface area contributed by atoms with Crippen molar-refractivity contribution in [2.45, 2.75) is 45.8 Å². The lowest BCUT2D eigenvalue weighted by Gasteiger charge is -2.32. The number of oxazole rings is 1.